The SMILES string of the molecule is Cc1ccccc1N(c1cc(C(C)(C)C)ccc1C)c1cc2c3c(cc4c(N(c5ccc(C(C)(C)C)cc5)c5c(C)cccc5C)cc(C(C)C)c5ccc1c3c54)C(C)(C)CC2. The van der Waals surface area contributed by atoms with Crippen LogP contribution in [0, 0.1) is 27.7 Å². The van der Waals surface area contributed by atoms with Crippen molar-refractivity contribution in [3.05, 3.63) is 165 Å². The van der Waals surface area contributed by atoms with Crippen molar-refractivity contribution in [1.29, 1.82) is 0 Å². The molecule has 0 bridgehead atoms. The van der Waals surface area contributed by atoms with E-state index in [1.165, 1.54) is 117 Å². The van der Waals surface area contributed by atoms with Crippen molar-refractivity contribution in [2.24, 2.45) is 0 Å². The number of para-hydroxylation sites is 2. The molecule has 9 rings (SSSR count). The largest absolute Gasteiger partial charge is 0.309 e. The molecule has 1 aliphatic carbocycles. The van der Waals surface area contributed by atoms with Gasteiger partial charge in [0.1, 0.15) is 0 Å². The summed E-state index contributed by atoms with van der Waals surface area (Å²) in [5.41, 5.74) is 19.6. The Morgan fingerprint density at radius 2 is 1.10 bits per heavy atom. The second-order valence-corrected chi connectivity index (χ2v) is 21.6. The average molecular weight is 815 g/mol. The quantitative estimate of drug-likeness (QED) is 0.148. The molecule has 0 aromatic heterocycles. The van der Waals surface area contributed by atoms with Gasteiger partial charge < -0.3 is 9.80 Å². The minimum atomic E-state index is 0.000388. The molecule has 0 saturated heterocycles. The molecule has 0 radical (unpaired) electrons. The van der Waals surface area contributed by atoms with Crippen LogP contribution in [0.4, 0.5) is 34.1 Å². The van der Waals surface area contributed by atoms with Crippen molar-refractivity contribution in [2.75, 3.05) is 9.80 Å². The number of hydrogen-bond acceptors (Lipinski definition) is 2. The summed E-state index contributed by atoms with van der Waals surface area (Å²) in [4.78, 5) is 5.20. The third-order valence-electron chi connectivity index (χ3n) is 14.2. The molecule has 0 fully saturated rings. The van der Waals surface area contributed by atoms with Gasteiger partial charge in [-0.25, -0.2) is 0 Å². The van der Waals surface area contributed by atoms with Crippen LogP contribution in [-0.4, -0.2) is 0 Å². The van der Waals surface area contributed by atoms with Crippen LogP contribution in [0.2, 0.25) is 0 Å². The second-order valence-electron chi connectivity index (χ2n) is 21.6. The summed E-state index contributed by atoms with van der Waals surface area (Å²) in [5, 5.41) is 8.25. The third-order valence-corrected chi connectivity index (χ3v) is 14.2. The van der Waals surface area contributed by atoms with Crippen molar-refractivity contribution in [3.63, 3.8) is 0 Å². The molecule has 316 valence electrons. The molecular weight excluding hydrogens is 749 g/mol. The topological polar surface area (TPSA) is 6.48 Å². The smallest absolute Gasteiger partial charge is 0.0543 e. The number of nitrogens with zero attached hydrogens (tertiary/aromatic N) is 2. The van der Waals surface area contributed by atoms with Gasteiger partial charge in [-0.1, -0.05) is 142 Å². The van der Waals surface area contributed by atoms with E-state index < -0.39 is 0 Å². The summed E-state index contributed by atoms with van der Waals surface area (Å²) >= 11 is 0. The Hall–Kier alpha value is -5.60. The van der Waals surface area contributed by atoms with Crippen LogP contribution in [0.1, 0.15) is 132 Å². The summed E-state index contributed by atoms with van der Waals surface area (Å²) in [6.45, 7) is 32.7. The fourth-order valence-corrected chi connectivity index (χ4v) is 10.5. The van der Waals surface area contributed by atoms with Gasteiger partial charge in [-0.15, -0.1) is 0 Å². The molecule has 0 atom stereocenters. The lowest BCUT2D eigenvalue weighted by atomic mass is 9.70. The maximum atomic E-state index is 2.62. The fraction of sp³-hybridized carbons (Fsp3) is 0.333. The van der Waals surface area contributed by atoms with E-state index in [4.69, 9.17) is 0 Å². The van der Waals surface area contributed by atoms with Crippen LogP contribution in [0.15, 0.2) is 115 Å². The Morgan fingerprint density at radius 1 is 0.500 bits per heavy atom. The van der Waals surface area contributed by atoms with Crippen molar-refractivity contribution < 1.29 is 0 Å². The number of aryl methyl sites for hydroxylation is 5. The Balaban J connectivity index is 1.46. The maximum Gasteiger partial charge on any atom is 0.0543 e. The van der Waals surface area contributed by atoms with Gasteiger partial charge >= 0.3 is 0 Å². The van der Waals surface area contributed by atoms with E-state index in [0.29, 0.717) is 5.92 Å². The Bertz CT molecular complexity index is 3000. The first-order valence-corrected chi connectivity index (χ1v) is 23.0. The summed E-state index contributed by atoms with van der Waals surface area (Å²) < 4.78 is 0. The molecule has 0 saturated carbocycles. The zero-order valence-electron chi connectivity index (χ0n) is 39.9. The summed E-state index contributed by atoms with van der Waals surface area (Å²) in [5.74, 6) is 0.315. The monoisotopic (exact) mass is 815 g/mol. The molecule has 0 spiro atoms. The molecule has 0 unspecified atom stereocenters. The van der Waals surface area contributed by atoms with E-state index in [9.17, 15) is 0 Å². The minimum Gasteiger partial charge on any atom is -0.309 e. The number of rotatable bonds is 7. The highest BCUT2D eigenvalue weighted by Gasteiger charge is 2.35. The maximum absolute atomic E-state index is 2.62. The summed E-state index contributed by atoms with van der Waals surface area (Å²) in [6.07, 6.45) is 2.14. The lowest BCUT2D eigenvalue weighted by Crippen LogP contribution is -2.24. The Kier molecular flexibility index (Phi) is 9.93. The van der Waals surface area contributed by atoms with Crippen LogP contribution in [0.3, 0.4) is 0 Å². The van der Waals surface area contributed by atoms with Crippen molar-refractivity contribution in [2.45, 2.75) is 132 Å². The van der Waals surface area contributed by atoms with Gasteiger partial charge in [-0.3, -0.25) is 0 Å². The van der Waals surface area contributed by atoms with Gasteiger partial charge in [-0.05, 0) is 171 Å². The summed E-state index contributed by atoms with van der Waals surface area (Å²) in [7, 11) is 0. The molecule has 8 aromatic carbocycles. The molecule has 0 N–H and O–H groups in total. The van der Waals surface area contributed by atoms with Crippen molar-refractivity contribution in [1.82, 2.24) is 0 Å². The van der Waals surface area contributed by atoms with Crippen LogP contribution >= 0.6 is 0 Å². The molecular formula is C60H66N2. The van der Waals surface area contributed by atoms with Gasteiger partial charge in [0.05, 0.1) is 17.1 Å². The standard InChI is InChI=1S/C60H66N2/c1-36(2)47-35-53(61(57-39(5)19-17-20-40(57)6)44-26-24-42(25-27-44)58(7,8)9)48-34-49-54-41(30-31-60(49,13)14)32-52(46-29-28-45(47)55(48)56(46)54)62(50-21-16-15-18-37(50)3)51-33-43(59(10,11)12)23-22-38(51)4/h15-29,32-36H,30-31H2,1-14H3. The van der Waals surface area contributed by atoms with Gasteiger partial charge in [0.25, 0.3) is 0 Å². The van der Waals surface area contributed by atoms with Crippen LogP contribution in [-0.2, 0) is 22.7 Å². The first-order chi connectivity index (χ1) is 29.3. The Morgan fingerprint density at radius 3 is 1.74 bits per heavy atom. The number of anilines is 6. The third kappa shape index (κ3) is 6.77. The number of hydrogen-bond donors (Lipinski definition) is 0. The highest BCUT2D eigenvalue weighted by Crippen LogP contribution is 2.55. The van der Waals surface area contributed by atoms with E-state index in [1.807, 2.05) is 0 Å². The van der Waals surface area contributed by atoms with Gasteiger partial charge in [0, 0.05) is 33.2 Å². The Labute approximate surface area is 371 Å². The molecule has 0 aliphatic heterocycles. The first kappa shape index (κ1) is 41.7. The summed E-state index contributed by atoms with van der Waals surface area (Å²) in [6, 6.07) is 44.9. The molecule has 1 aliphatic rings. The minimum absolute atomic E-state index is 0.000388. The van der Waals surface area contributed by atoms with Crippen LogP contribution < -0.4 is 9.80 Å². The highest BCUT2D eigenvalue weighted by molar-refractivity contribution is 6.30. The van der Waals surface area contributed by atoms with Crippen molar-refractivity contribution >= 4 is 66.4 Å². The molecule has 8 aromatic rings. The van der Waals surface area contributed by atoms with Crippen molar-refractivity contribution in [3.8, 4) is 0 Å². The normalized spacial score (nSPS) is 14.1. The predicted octanol–water partition coefficient (Wildman–Crippen LogP) is 17.7. The van der Waals surface area contributed by atoms with Gasteiger partial charge in [0.2, 0.25) is 0 Å². The first-order valence-electron chi connectivity index (χ1n) is 23.0. The van der Waals surface area contributed by atoms with E-state index in [-0.39, 0.29) is 16.2 Å². The molecule has 62 heavy (non-hydrogen) atoms. The lowest BCUT2D eigenvalue weighted by molar-refractivity contribution is 0.475. The molecule has 0 amide bonds. The molecule has 2 nitrogen and oxygen atoms in total. The molecule has 0 heterocycles. The molecule has 2 heteroatoms. The lowest BCUT2D eigenvalue weighted by Gasteiger charge is -2.38. The van der Waals surface area contributed by atoms with Crippen LogP contribution in [0.5, 0.6) is 0 Å². The van der Waals surface area contributed by atoms with E-state index in [1.54, 1.807) is 0 Å². The van der Waals surface area contributed by atoms with Gasteiger partial charge in [0.15, 0.2) is 0 Å². The second kappa shape index (κ2) is 14.8. The average Bonchev–Trinajstić information content (AvgIpc) is 3.21. The van der Waals surface area contributed by atoms with E-state index in [0.717, 1.165) is 12.8 Å². The highest BCUT2D eigenvalue weighted by atomic mass is 15.2. The predicted molar refractivity (Wildman–Crippen MR) is 271 cm³/mol. The zero-order valence-corrected chi connectivity index (χ0v) is 39.9. The zero-order chi connectivity index (χ0) is 44.2. The van der Waals surface area contributed by atoms with E-state index >= 15 is 0 Å². The number of benzene rings is 8. The van der Waals surface area contributed by atoms with E-state index in [2.05, 4.69) is 222 Å². The van der Waals surface area contributed by atoms with Gasteiger partial charge in [-0.2, -0.15) is 0 Å². The van der Waals surface area contributed by atoms with Crippen LogP contribution in [0.25, 0.3) is 32.3 Å². The fourth-order valence-electron chi connectivity index (χ4n) is 10.5.